The Morgan fingerprint density at radius 2 is 1.88 bits per heavy atom. The van der Waals surface area contributed by atoms with Crippen molar-refractivity contribution in [2.45, 2.75) is 67.5 Å². The molecular formula is C30H46BrN3O7. The SMILES string of the molecule is C=CCCCOC(=O)[C@H]1[C@@H]2OC3(CC2Br)C(C(=O)N(CC=C)CCN2CCOCC2)N(CCCCCCO)C(=O)[C@H]13. The maximum Gasteiger partial charge on any atom is 0.312 e. The zero-order valence-electron chi connectivity index (χ0n) is 24.1. The van der Waals surface area contributed by atoms with Crippen molar-refractivity contribution in [3.05, 3.63) is 25.3 Å². The van der Waals surface area contributed by atoms with Gasteiger partial charge in [-0.05, 0) is 32.1 Å². The summed E-state index contributed by atoms with van der Waals surface area (Å²) in [6.45, 7) is 12.9. The zero-order valence-corrected chi connectivity index (χ0v) is 25.7. The molecule has 4 heterocycles. The van der Waals surface area contributed by atoms with Crippen LogP contribution in [0.5, 0.6) is 0 Å². The molecule has 1 N–H and O–H groups in total. The average Bonchev–Trinajstić information content (AvgIpc) is 3.56. The molecule has 41 heavy (non-hydrogen) atoms. The Morgan fingerprint density at radius 1 is 1.12 bits per heavy atom. The summed E-state index contributed by atoms with van der Waals surface area (Å²) in [5, 5.41) is 9.16. The second-order valence-electron chi connectivity index (χ2n) is 11.5. The number of alkyl halides is 1. The first-order valence-corrected chi connectivity index (χ1v) is 16.0. The molecule has 4 aliphatic heterocycles. The highest BCUT2D eigenvalue weighted by atomic mass is 79.9. The van der Waals surface area contributed by atoms with Crippen molar-refractivity contribution in [1.82, 2.24) is 14.7 Å². The molecule has 2 bridgehead atoms. The van der Waals surface area contributed by atoms with Crippen LogP contribution in [0.2, 0.25) is 0 Å². The fourth-order valence-electron chi connectivity index (χ4n) is 6.87. The number of halogens is 1. The number of allylic oxidation sites excluding steroid dienone is 1. The van der Waals surface area contributed by atoms with Crippen LogP contribution >= 0.6 is 15.9 Å². The minimum absolute atomic E-state index is 0.132. The van der Waals surface area contributed by atoms with E-state index in [1.54, 1.807) is 22.0 Å². The molecule has 0 aromatic heterocycles. The Balaban J connectivity index is 1.58. The summed E-state index contributed by atoms with van der Waals surface area (Å²) in [6, 6.07) is -0.828. The van der Waals surface area contributed by atoms with Crippen molar-refractivity contribution in [2.24, 2.45) is 11.8 Å². The van der Waals surface area contributed by atoms with E-state index in [9.17, 15) is 14.4 Å². The molecule has 0 aromatic rings. The van der Waals surface area contributed by atoms with Crippen molar-refractivity contribution >= 4 is 33.7 Å². The van der Waals surface area contributed by atoms with Crippen LogP contribution in [0, 0.1) is 11.8 Å². The Bertz CT molecular complexity index is 945. The summed E-state index contributed by atoms with van der Waals surface area (Å²) in [7, 11) is 0. The molecule has 3 unspecified atom stereocenters. The first kappa shape index (κ1) is 32.1. The van der Waals surface area contributed by atoms with Gasteiger partial charge in [-0.2, -0.15) is 0 Å². The van der Waals surface area contributed by atoms with Gasteiger partial charge >= 0.3 is 5.97 Å². The van der Waals surface area contributed by atoms with Crippen LogP contribution in [0.4, 0.5) is 0 Å². The molecule has 4 rings (SSSR count). The Labute approximate surface area is 252 Å². The number of carbonyl (C=O) groups is 3. The molecule has 10 nitrogen and oxygen atoms in total. The Hall–Kier alpha value is -1.79. The Morgan fingerprint density at radius 3 is 2.59 bits per heavy atom. The number of amides is 2. The van der Waals surface area contributed by atoms with Crippen LogP contribution in [-0.4, -0.2) is 126 Å². The summed E-state index contributed by atoms with van der Waals surface area (Å²) in [6.07, 6.45) is 7.90. The van der Waals surface area contributed by atoms with Gasteiger partial charge in [0.15, 0.2) is 0 Å². The van der Waals surface area contributed by atoms with Crippen LogP contribution in [-0.2, 0) is 28.6 Å². The number of carbonyl (C=O) groups excluding carboxylic acids is 3. The van der Waals surface area contributed by atoms with Crippen LogP contribution < -0.4 is 0 Å². The van der Waals surface area contributed by atoms with Crippen molar-refractivity contribution in [1.29, 1.82) is 0 Å². The maximum atomic E-state index is 14.4. The molecule has 0 radical (unpaired) electrons. The molecule has 2 amide bonds. The molecule has 4 fully saturated rings. The number of likely N-dealkylation sites (tertiary alicyclic amines) is 1. The molecule has 1 spiro atoms. The van der Waals surface area contributed by atoms with E-state index in [0.29, 0.717) is 65.1 Å². The van der Waals surface area contributed by atoms with Crippen LogP contribution in [0.15, 0.2) is 25.3 Å². The molecular weight excluding hydrogens is 594 g/mol. The van der Waals surface area contributed by atoms with Gasteiger partial charge in [0.2, 0.25) is 11.8 Å². The van der Waals surface area contributed by atoms with Crippen LogP contribution in [0.3, 0.4) is 0 Å². The van der Waals surface area contributed by atoms with Gasteiger partial charge in [0, 0.05) is 50.7 Å². The maximum absolute atomic E-state index is 14.4. The van der Waals surface area contributed by atoms with Gasteiger partial charge in [-0.15, -0.1) is 13.2 Å². The number of ether oxygens (including phenoxy) is 3. The number of unbranched alkanes of at least 4 members (excludes halogenated alkanes) is 4. The summed E-state index contributed by atoms with van der Waals surface area (Å²) in [5.74, 6) is -2.32. The number of fused-ring (bicyclic) bond motifs is 1. The van der Waals surface area contributed by atoms with Crippen LogP contribution in [0.1, 0.15) is 44.9 Å². The van der Waals surface area contributed by atoms with E-state index in [1.165, 1.54) is 0 Å². The fourth-order valence-corrected chi connectivity index (χ4v) is 7.81. The lowest BCUT2D eigenvalue weighted by Crippen LogP contribution is -2.57. The molecule has 0 saturated carbocycles. The number of aliphatic hydroxyl groups excluding tert-OH is 1. The third-order valence-electron chi connectivity index (χ3n) is 8.85. The van der Waals surface area contributed by atoms with E-state index in [2.05, 4.69) is 34.0 Å². The van der Waals surface area contributed by atoms with Gasteiger partial charge < -0.3 is 29.1 Å². The first-order chi connectivity index (χ1) is 19.9. The largest absolute Gasteiger partial charge is 0.465 e. The Kier molecular flexibility index (Phi) is 11.8. The average molecular weight is 641 g/mol. The number of esters is 1. The number of morpholine rings is 1. The minimum atomic E-state index is -1.10. The van der Waals surface area contributed by atoms with Gasteiger partial charge in [-0.25, -0.2) is 0 Å². The van der Waals surface area contributed by atoms with E-state index in [0.717, 1.165) is 32.4 Å². The van der Waals surface area contributed by atoms with Crippen molar-refractivity contribution in [2.75, 3.05) is 65.7 Å². The minimum Gasteiger partial charge on any atom is -0.465 e. The van der Waals surface area contributed by atoms with E-state index < -0.39 is 35.6 Å². The van der Waals surface area contributed by atoms with E-state index in [1.807, 2.05) is 0 Å². The third kappa shape index (κ3) is 6.90. The number of aliphatic hydroxyl groups is 1. The third-order valence-corrected chi connectivity index (χ3v) is 9.70. The van der Waals surface area contributed by atoms with Crippen molar-refractivity contribution in [3.63, 3.8) is 0 Å². The van der Waals surface area contributed by atoms with Crippen molar-refractivity contribution in [3.8, 4) is 0 Å². The highest BCUT2D eigenvalue weighted by Gasteiger charge is 2.77. The van der Waals surface area contributed by atoms with Crippen LogP contribution in [0.25, 0.3) is 0 Å². The number of nitrogens with zero attached hydrogens (tertiary/aromatic N) is 3. The zero-order chi connectivity index (χ0) is 29.4. The summed E-state index contributed by atoms with van der Waals surface area (Å²) in [4.78, 5) is 47.5. The van der Waals surface area contributed by atoms with E-state index in [4.69, 9.17) is 19.3 Å². The van der Waals surface area contributed by atoms with Gasteiger partial charge in [0.1, 0.15) is 11.6 Å². The molecule has 230 valence electrons. The predicted octanol–water partition coefficient (Wildman–Crippen LogP) is 2.14. The van der Waals surface area contributed by atoms with Gasteiger partial charge in [-0.3, -0.25) is 19.3 Å². The van der Waals surface area contributed by atoms with Gasteiger partial charge in [0.25, 0.3) is 0 Å². The second-order valence-corrected chi connectivity index (χ2v) is 12.6. The second kappa shape index (κ2) is 15.1. The molecule has 6 atom stereocenters. The molecule has 11 heteroatoms. The first-order valence-electron chi connectivity index (χ1n) is 15.1. The quantitative estimate of drug-likeness (QED) is 0.112. The summed E-state index contributed by atoms with van der Waals surface area (Å²) in [5.41, 5.74) is -1.10. The highest BCUT2D eigenvalue weighted by Crippen LogP contribution is 2.60. The topological polar surface area (TPSA) is 109 Å². The molecule has 0 aromatic carbocycles. The standard InChI is InChI=1S/C30H46BrN3O7/c1-3-5-10-18-40-29(38)23-24-27(36)34(12-8-6-7-9-17-35)26(30(24)21-22(31)25(23)41-30)28(37)33(11-4-2)14-13-32-15-19-39-20-16-32/h3-4,22-26,35H,1-2,5-21H2/t22?,23-,24+,25-,26?,30?/m1/s1. The lowest BCUT2D eigenvalue weighted by atomic mass is 9.70. The normalized spacial score (nSPS) is 30.8. The van der Waals surface area contributed by atoms with E-state index in [-0.39, 0.29) is 29.9 Å². The smallest absolute Gasteiger partial charge is 0.312 e. The van der Waals surface area contributed by atoms with Gasteiger partial charge in [-0.1, -0.05) is 40.9 Å². The summed E-state index contributed by atoms with van der Waals surface area (Å²) >= 11 is 3.72. The number of hydrogen-bond donors (Lipinski definition) is 1. The molecule has 4 aliphatic rings. The highest BCUT2D eigenvalue weighted by molar-refractivity contribution is 9.09. The number of hydrogen-bond acceptors (Lipinski definition) is 8. The van der Waals surface area contributed by atoms with E-state index >= 15 is 0 Å². The fraction of sp³-hybridized carbons (Fsp3) is 0.767. The predicted molar refractivity (Wildman–Crippen MR) is 157 cm³/mol. The molecule has 4 saturated heterocycles. The van der Waals surface area contributed by atoms with Gasteiger partial charge in [0.05, 0.1) is 37.8 Å². The monoisotopic (exact) mass is 639 g/mol. The lowest BCUT2D eigenvalue weighted by Gasteiger charge is -2.38. The number of rotatable bonds is 17. The summed E-state index contributed by atoms with van der Waals surface area (Å²) < 4.78 is 17.7. The van der Waals surface area contributed by atoms with Crippen molar-refractivity contribution < 1.29 is 33.7 Å². The molecule has 0 aliphatic carbocycles. The lowest BCUT2D eigenvalue weighted by molar-refractivity contribution is -0.155.